The number of anilines is 1. The lowest BCUT2D eigenvalue weighted by molar-refractivity contribution is -0.145. The second kappa shape index (κ2) is 4.61. The molecule has 98 valence electrons. The summed E-state index contributed by atoms with van der Waals surface area (Å²) >= 11 is 0. The summed E-state index contributed by atoms with van der Waals surface area (Å²) in [6.45, 7) is 0. The van der Waals surface area contributed by atoms with Crippen molar-refractivity contribution in [3.8, 4) is 0 Å². The Hall–Kier alpha value is -1.56. The van der Waals surface area contributed by atoms with E-state index in [2.05, 4.69) is 4.74 Å². The molecule has 1 fully saturated rings. The van der Waals surface area contributed by atoms with Crippen LogP contribution in [0.1, 0.15) is 11.5 Å². The standard InChI is InChI=1S/C12H15NO4S/c1-17-12(14)11-7-18(15,16)6-10(11)8-2-4-9(13)5-3-8/h2-5,10-11H,6-7,13H2,1H3. The lowest BCUT2D eigenvalue weighted by atomic mass is 9.89. The third-order valence-corrected chi connectivity index (χ3v) is 4.96. The van der Waals surface area contributed by atoms with E-state index in [9.17, 15) is 13.2 Å². The number of nitrogens with two attached hydrogens (primary N) is 1. The van der Waals surface area contributed by atoms with Gasteiger partial charge in [0.25, 0.3) is 0 Å². The van der Waals surface area contributed by atoms with Crippen molar-refractivity contribution in [1.82, 2.24) is 0 Å². The third kappa shape index (κ3) is 2.48. The summed E-state index contributed by atoms with van der Waals surface area (Å²) < 4.78 is 28.0. The Morgan fingerprint density at radius 2 is 1.89 bits per heavy atom. The van der Waals surface area contributed by atoms with Crippen LogP contribution in [0.15, 0.2) is 24.3 Å². The first-order chi connectivity index (χ1) is 8.43. The number of ether oxygens (including phenoxy) is 1. The van der Waals surface area contributed by atoms with E-state index in [1.165, 1.54) is 7.11 Å². The Kier molecular flexibility index (Phi) is 3.30. The minimum Gasteiger partial charge on any atom is -0.469 e. The van der Waals surface area contributed by atoms with E-state index in [0.29, 0.717) is 5.69 Å². The second-order valence-electron chi connectivity index (χ2n) is 4.48. The minimum atomic E-state index is -3.19. The van der Waals surface area contributed by atoms with Gasteiger partial charge in [0.2, 0.25) is 0 Å². The van der Waals surface area contributed by atoms with Crippen molar-refractivity contribution in [3.05, 3.63) is 29.8 Å². The SMILES string of the molecule is COC(=O)C1CS(=O)(=O)CC1c1ccc(N)cc1. The maximum atomic E-state index is 11.7. The largest absolute Gasteiger partial charge is 0.469 e. The molecular formula is C12H15NO4S. The summed E-state index contributed by atoms with van der Waals surface area (Å²) in [6.07, 6.45) is 0. The van der Waals surface area contributed by atoms with Crippen molar-refractivity contribution in [2.45, 2.75) is 5.92 Å². The van der Waals surface area contributed by atoms with Gasteiger partial charge in [0.15, 0.2) is 9.84 Å². The van der Waals surface area contributed by atoms with Gasteiger partial charge in [-0.05, 0) is 17.7 Å². The maximum absolute atomic E-state index is 11.7. The van der Waals surface area contributed by atoms with E-state index < -0.39 is 21.7 Å². The maximum Gasteiger partial charge on any atom is 0.310 e. The van der Waals surface area contributed by atoms with Crippen LogP contribution in [-0.4, -0.2) is 33.0 Å². The Balaban J connectivity index is 2.35. The molecule has 2 unspecified atom stereocenters. The highest BCUT2D eigenvalue weighted by molar-refractivity contribution is 7.91. The molecular weight excluding hydrogens is 254 g/mol. The van der Waals surface area contributed by atoms with E-state index in [4.69, 9.17) is 5.73 Å². The molecule has 0 radical (unpaired) electrons. The van der Waals surface area contributed by atoms with Crippen molar-refractivity contribution >= 4 is 21.5 Å². The number of hydrogen-bond donors (Lipinski definition) is 1. The van der Waals surface area contributed by atoms with E-state index in [-0.39, 0.29) is 17.4 Å². The molecule has 5 nitrogen and oxygen atoms in total. The minimum absolute atomic E-state index is 0.0172. The van der Waals surface area contributed by atoms with Gasteiger partial charge in [0.1, 0.15) is 0 Å². The van der Waals surface area contributed by atoms with Crippen LogP contribution in [0.2, 0.25) is 0 Å². The highest BCUT2D eigenvalue weighted by Crippen LogP contribution is 2.35. The number of rotatable bonds is 2. The number of carbonyl (C=O) groups is 1. The topological polar surface area (TPSA) is 86.5 Å². The molecule has 0 saturated carbocycles. The highest BCUT2D eigenvalue weighted by Gasteiger charge is 2.43. The molecule has 2 rings (SSSR count). The van der Waals surface area contributed by atoms with Gasteiger partial charge in [0.05, 0.1) is 24.5 Å². The number of esters is 1. The van der Waals surface area contributed by atoms with Crippen LogP contribution in [0.4, 0.5) is 5.69 Å². The molecule has 1 aromatic carbocycles. The van der Waals surface area contributed by atoms with E-state index in [0.717, 1.165) is 5.56 Å². The molecule has 1 aliphatic rings. The van der Waals surface area contributed by atoms with E-state index >= 15 is 0 Å². The zero-order valence-electron chi connectivity index (χ0n) is 10.00. The van der Waals surface area contributed by atoms with Crippen molar-refractivity contribution in [2.75, 3.05) is 24.3 Å². The van der Waals surface area contributed by atoms with Crippen molar-refractivity contribution in [1.29, 1.82) is 0 Å². The van der Waals surface area contributed by atoms with Crippen molar-refractivity contribution in [3.63, 3.8) is 0 Å². The monoisotopic (exact) mass is 269 g/mol. The zero-order chi connectivity index (χ0) is 13.3. The first-order valence-corrected chi connectivity index (χ1v) is 7.39. The summed E-state index contributed by atoms with van der Waals surface area (Å²) in [5.74, 6) is -1.60. The number of sulfone groups is 1. The van der Waals surface area contributed by atoms with Crippen LogP contribution < -0.4 is 5.73 Å². The normalized spacial score (nSPS) is 25.8. The smallest absolute Gasteiger partial charge is 0.310 e. The molecule has 0 bridgehead atoms. The van der Waals surface area contributed by atoms with Crippen molar-refractivity contribution in [2.24, 2.45) is 5.92 Å². The Morgan fingerprint density at radius 3 is 2.44 bits per heavy atom. The van der Waals surface area contributed by atoms with Crippen LogP contribution in [0.3, 0.4) is 0 Å². The summed E-state index contributed by atoms with van der Waals surface area (Å²) in [5.41, 5.74) is 7.00. The average molecular weight is 269 g/mol. The van der Waals surface area contributed by atoms with Gasteiger partial charge in [-0.1, -0.05) is 12.1 Å². The predicted molar refractivity (Wildman–Crippen MR) is 67.8 cm³/mol. The molecule has 2 N–H and O–H groups in total. The number of nitrogen functional groups attached to an aromatic ring is 1. The lowest BCUT2D eigenvalue weighted by Crippen LogP contribution is -2.22. The molecule has 0 aromatic heterocycles. The lowest BCUT2D eigenvalue weighted by Gasteiger charge is -2.16. The molecule has 0 aliphatic carbocycles. The van der Waals surface area contributed by atoms with Crippen LogP contribution in [0.5, 0.6) is 0 Å². The molecule has 6 heteroatoms. The zero-order valence-corrected chi connectivity index (χ0v) is 10.8. The van der Waals surface area contributed by atoms with Gasteiger partial charge < -0.3 is 10.5 Å². The fourth-order valence-electron chi connectivity index (χ4n) is 2.30. The first-order valence-electron chi connectivity index (χ1n) is 5.56. The fourth-order valence-corrected chi connectivity index (χ4v) is 4.33. The predicted octanol–water partition coefficient (Wildman–Crippen LogP) is 0.570. The number of hydrogen-bond acceptors (Lipinski definition) is 5. The number of benzene rings is 1. The van der Waals surface area contributed by atoms with Crippen LogP contribution in [0, 0.1) is 5.92 Å². The van der Waals surface area contributed by atoms with Crippen LogP contribution in [-0.2, 0) is 19.4 Å². The Morgan fingerprint density at radius 1 is 1.28 bits per heavy atom. The molecule has 1 aromatic rings. The molecule has 1 aliphatic heterocycles. The average Bonchev–Trinajstić information content (AvgIpc) is 2.65. The van der Waals surface area contributed by atoms with Gasteiger partial charge in [-0.15, -0.1) is 0 Å². The fraction of sp³-hybridized carbons (Fsp3) is 0.417. The molecule has 2 atom stereocenters. The van der Waals surface area contributed by atoms with E-state index in [1.807, 2.05) is 0 Å². The van der Waals surface area contributed by atoms with Crippen LogP contribution in [0.25, 0.3) is 0 Å². The molecule has 1 saturated heterocycles. The van der Waals surface area contributed by atoms with Gasteiger partial charge in [-0.3, -0.25) is 4.79 Å². The molecule has 1 heterocycles. The second-order valence-corrected chi connectivity index (χ2v) is 6.63. The van der Waals surface area contributed by atoms with Gasteiger partial charge >= 0.3 is 5.97 Å². The summed E-state index contributed by atoms with van der Waals surface area (Å²) in [6, 6.07) is 6.93. The summed E-state index contributed by atoms with van der Waals surface area (Å²) in [7, 11) is -1.92. The molecule has 18 heavy (non-hydrogen) atoms. The molecule has 0 amide bonds. The van der Waals surface area contributed by atoms with Gasteiger partial charge in [-0.25, -0.2) is 8.42 Å². The third-order valence-electron chi connectivity index (χ3n) is 3.22. The van der Waals surface area contributed by atoms with E-state index in [1.54, 1.807) is 24.3 Å². The van der Waals surface area contributed by atoms with Crippen LogP contribution >= 0.6 is 0 Å². The Labute approximate surface area is 106 Å². The number of methoxy groups -OCH3 is 1. The van der Waals surface area contributed by atoms with Gasteiger partial charge in [-0.2, -0.15) is 0 Å². The number of carbonyl (C=O) groups excluding carboxylic acids is 1. The van der Waals surface area contributed by atoms with Gasteiger partial charge in [0, 0.05) is 11.6 Å². The van der Waals surface area contributed by atoms with Crippen molar-refractivity contribution < 1.29 is 17.9 Å². The highest BCUT2D eigenvalue weighted by atomic mass is 32.2. The first kappa shape index (κ1) is 12.9. The molecule has 0 spiro atoms. The Bertz CT molecular complexity index is 550. The summed E-state index contributed by atoms with van der Waals surface area (Å²) in [4.78, 5) is 11.6. The summed E-state index contributed by atoms with van der Waals surface area (Å²) in [5, 5.41) is 0. The quantitative estimate of drug-likeness (QED) is 0.626.